The first-order valence-electron chi connectivity index (χ1n) is 5.80. The van der Waals surface area contributed by atoms with E-state index in [2.05, 4.69) is 5.43 Å². The summed E-state index contributed by atoms with van der Waals surface area (Å²) in [7, 11) is 1.41. The van der Waals surface area contributed by atoms with Crippen LogP contribution in [0.2, 0.25) is 0 Å². The molecule has 2 rings (SSSR count). The topological polar surface area (TPSA) is 47.3 Å². The fourth-order valence-electron chi connectivity index (χ4n) is 2.04. The number of hydrogen-bond donors (Lipinski definition) is 2. The molecule has 0 spiro atoms. The normalized spacial score (nSPS) is 12.2. The zero-order valence-corrected chi connectivity index (χ0v) is 10.7. The molecule has 6 heteroatoms. The van der Waals surface area contributed by atoms with Crippen LogP contribution in [0.15, 0.2) is 36.4 Å². The molecule has 0 aliphatic rings. The van der Waals surface area contributed by atoms with Gasteiger partial charge in [-0.05, 0) is 35.9 Å². The summed E-state index contributed by atoms with van der Waals surface area (Å²) >= 11 is 0. The van der Waals surface area contributed by atoms with Crippen LogP contribution in [0.5, 0.6) is 5.75 Å². The second kappa shape index (κ2) is 5.94. The molecule has 0 fully saturated rings. The summed E-state index contributed by atoms with van der Waals surface area (Å²) in [5.41, 5.74) is 2.99. The molecule has 2 aromatic carbocycles. The van der Waals surface area contributed by atoms with Crippen molar-refractivity contribution in [3.8, 4) is 5.75 Å². The van der Waals surface area contributed by atoms with Crippen LogP contribution in [0, 0.1) is 17.5 Å². The molecule has 20 heavy (non-hydrogen) atoms. The van der Waals surface area contributed by atoms with Crippen molar-refractivity contribution in [1.29, 1.82) is 0 Å². The van der Waals surface area contributed by atoms with Gasteiger partial charge in [-0.25, -0.2) is 18.6 Å². The summed E-state index contributed by atoms with van der Waals surface area (Å²) in [6, 6.07) is 6.04. The maximum atomic E-state index is 13.4. The second-order valence-corrected chi connectivity index (χ2v) is 4.19. The van der Waals surface area contributed by atoms with Gasteiger partial charge >= 0.3 is 0 Å². The molecule has 0 heterocycles. The van der Waals surface area contributed by atoms with Crippen molar-refractivity contribution >= 4 is 0 Å². The van der Waals surface area contributed by atoms with Crippen molar-refractivity contribution < 1.29 is 17.9 Å². The molecule has 1 unspecified atom stereocenters. The summed E-state index contributed by atoms with van der Waals surface area (Å²) in [6.45, 7) is 0. The molecule has 3 N–H and O–H groups in total. The lowest BCUT2D eigenvalue weighted by Crippen LogP contribution is -2.29. The first kappa shape index (κ1) is 14.4. The minimum absolute atomic E-state index is 0.230. The van der Waals surface area contributed by atoms with Gasteiger partial charge in [-0.1, -0.05) is 0 Å². The summed E-state index contributed by atoms with van der Waals surface area (Å²) in [5.74, 6) is 3.82. The monoisotopic (exact) mass is 282 g/mol. The first-order valence-corrected chi connectivity index (χ1v) is 5.80. The minimum atomic E-state index is -0.800. The Balaban J connectivity index is 2.54. The summed E-state index contributed by atoms with van der Waals surface area (Å²) in [6.07, 6.45) is 0. The Hall–Kier alpha value is -2.05. The smallest absolute Gasteiger partial charge is 0.126 e. The lowest BCUT2D eigenvalue weighted by atomic mass is 9.98. The maximum Gasteiger partial charge on any atom is 0.126 e. The van der Waals surface area contributed by atoms with Crippen LogP contribution in [0.1, 0.15) is 17.2 Å². The van der Waals surface area contributed by atoms with Gasteiger partial charge in [0.2, 0.25) is 0 Å². The Morgan fingerprint density at radius 3 is 2.20 bits per heavy atom. The van der Waals surface area contributed by atoms with Crippen LogP contribution in [-0.4, -0.2) is 7.11 Å². The van der Waals surface area contributed by atoms with E-state index in [0.29, 0.717) is 11.3 Å². The van der Waals surface area contributed by atoms with Crippen molar-refractivity contribution in [3.05, 3.63) is 65.0 Å². The highest BCUT2D eigenvalue weighted by Gasteiger charge is 2.19. The number of rotatable bonds is 4. The largest absolute Gasteiger partial charge is 0.496 e. The molecule has 0 amide bonds. The highest BCUT2D eigenvalue weighted by molar-refractivity contribution is 5.42. The molecule has 2 aromatic rings. The van der Waals surface area contributed by atoms with E-state index in [1.54, 1.807) is 0 Å². The number of benzene rings is 2. The standard InChI is InChI=1S/C14H13F3N2O/c1-20-13-3-2-9(15)7-12(13)14(19-18)8-4-10(16)6-11(17)5-8/h2-7,14,19H,18H2,1H3. The number of hydrogen-bond acceptors (Lipinski definition) is 3. The van der Waals surface area contributed by atoms with Gasteiger partial charge in [0.25, 0.3) is 0 Å². The van der Waals surface area contributed by atoms with E-state index in [4.69, 9.17) is 10.6 Å². The lowest BCUT2D eigenvalue weighted by Gasteiger charge is -2.19. The van der Waals surface area contributed by atoms with Gasteiger partial charge in [0.05, 0.1) is 13.2 Å². The molecule has 0 saturated carbocycles. The number of ether oxygens (including phenoxy) is 1. The summed E-state index contributed by atoms with van der Waals surface area (Å²) in [5, 5.41) is 0. The lowest BCUT2D eigenvalue weighted by molar-refractivity contribution is 0.402. The van der Waals surface area contributed by atoms with Crippen molar-refractivity contribution in [3.63, 3.8) is 0 Å². The van der Waals surface area contributed by atoms with Crippen LogP contribution in [-0.2, 0) is 0 Å². The maximum absolute atomic E-state index is 13.4. The molecule has 0 aromatic heterocycles. The molecule has 0 bridgehead atoms. The van der Waals surface area contributed by atoms with Crippen LogP contribution >= 0.6 is 0 Å². The van der Waals surface area contributed by atoms with Gasteiger partial charge in [-0.2, -0.15) is 0 Å². The quantitative estimate of drug-likeness (QED) is 0.669. The van der Waals surface area contributed by atoms with Crippen molar-refractivity contribution in [2.24, 2.45) is 5.84 Å². The fraction of sp³-hybridized carbons (Fsp3) is 0.143. The molecule has 0 aliphatic heterocycles. The highest BCUT2D eigenvalue weighted by Crippen LogP contribution is 2.30. The van der Waals surface area contributed by atoms with Crippen LogP contribution in [0.4, 0.5) is 13.2 Å². The Bertz CT molecular complexity index is 599. The van der Waals surface area contributed by atoms with Gasteiger partial charge in [0.1, 0.15) is 23.2 Å². The number of halogens is 3. The van der Waals surface area contributed by atoms with Crippen LogP contribution in [0.25, 0.3) is 0 Å². The number of nitrogens with one attached hydrogen (secondary N) is 1. The predicted molar refractivity (Wildman–Crippen MR) is 68.5 cm³/mol. The van der Waals surface area contributed by atoms with Crippen LogP contribution in [0.3, 0.4) is 0 Å². The van der Waals surface area contributed by atoms with Crippen molar-refractivity contribution in [2.45, 2.75) is 6.04 Å². The number of methoxy groups -OCH3 is 1. The third-order valence-corrected chi connectivity index (χ3v) is 2.89. The second-order valence-electron chi connectivity index (χ2n) is 4.19. The third kappa shape index (κ3) is 2.92. The molecule has 0 radical (unpaired) electrons. The van der Waals surface area contributed by atoms with E-state index in [9.17, 15) is 13.2 Å². The molecular formula is C14H13F3N2O. The Kier molecular flexibility index (Phi) is 4.26. The average Bonchev–Trinajstić information content (AvgIpc) is 2.39. The molecule has 106 valence electrons. The zero-order chi connectivity index (χ0) is 14.7. The van der Waals surface area contributed by atoms with Crippen LogP contribution < -0.4 is 16.0 Å². The number of nitrogens with two attached hydrogens (primary N) is 1. The average molecular weight is 282 g/mol. The van der Waals surface area contributed by atoms with E-state index in [1.807, 2.05) is 0 Å². The SMILES string of the molecule is COc1ccc(F)cc1C(NN)c1cc(F)cc(F)c1. The van der Waals surface area contributed by atoms with E-state index in [0.717, 1.165) is 18.2 Å². The third-order valence-electron chi connectivity index (χ3n) is 2.89. The Morgan fingerprint density at radius 2 is 1.65 bits per heavy atom. The van der Waals surface area contributed by atoms with E-state index in [1.165, 1.54) is 25.3 Å². The van der Waals surface area contributed by atoms with Gasteiger partial charge in [0.15, 0.2) is 0 Å². The van der Waals surface area contributed by atoms with E-state index in [-0.39, 0.29) is 5.56 Å². The van der Waals surface area contributed by atoms with Gasteiger partial charge in [-0.15, -0.1) is 0 Å². The molecular weight excluding hydrogens is 269 g/mol. The number of hydrazine groups is 1. The van der Waals surface area contributed by atoms with Crippen molar-refractivity contribution in [1.82, 2.24) is 5.43 Å². The van der Waals surface area contributed by atoms with Crippen molar-refractivity contribution in [2.75, 3.05) is 7.11 Å². The highest BCUT2D eigenvalue weighted by atomic mass is 19.1. The minimum Gasteiger partial charge on any atom is -0.496 e. The summed E-state index contributed by atoms with van der Waals surface area (Å²) in [4.78, 5) is 0. The summed E-state index contributed by atoms with van der Waals surface area (Å²) < 4.78 is 45.1. The zero-order valence-electron chi connectivity index (χ0n) is 10.7. The first-order chi connectivity index (χ1) is 9.55. The fourth-order valence-corrected chi connectivity index (χ4v) is 2.04. The molecule has 0 saturated heterocycles. The van der Waals surface area contributed by atoms with E-state index >= 15 is 0 Å². The van der Waals surface area contributed by atoms with Gasteiger partial charge < -0.3 is 4.74 Å². The van der Waals surface area contributed by atoms with Gasteiger partial charge in [-0.3, -0.25) is 5.84 Å². The molecule has 1 atom stereocenters. The van der Waals surface area contributed by atoms with Gasteiger partial charge in [0, 0.05) is 11.6 Å². The Morgan fingerprint density at radius 1 is 1.00 bits per heavy atom. The predicted octanol–water partition coefficient (Wildman–Crippen LogP) is 2.67. The Labute approximate surface area is 114 Å². The van der Waals surface area contributed by atoms with E-state index < -0.39 is 23.5 Å². The molecule has 3 nitrogen and oxygen atoms in total. The molecule has 0 aliphatic carbocycles.